The predicted octanol–water partition coefficient (Wildman–Crippen LogP) is 13.6. The first-order chi connectivity index (χ1) is 25.7. The van der Waals surface area contributed by atoms with Gasteiger partial charge >= 0.3 is 0 Å². The molecule has 0 saturated heterocycles. The van der Waals surface area contributed by atoms with Crippen LogP contribution in [-0.2, 0) is 0 Å². The third-order valence-corrected chi connectivity index (χ3v) is 10.1. The standard InChI is InChI=1S/C47H28N2O3/c1-2-11-30-26-32(23-22-29(30)10-1)31-12-7-13-33(27-31)49(34-24-25-42-38(28-34)35-14-3-5-19-41(35)50-42)40-18-8-15-36-45-37(16-9-21-44(45)51-46(36)40)47-48-39-17-4-6-20-43(39)52-47/h1-28H. The van der Waals surface area contributed by atoms with Crippen molar-refractivity contribution in [2.45, 2.75) is 0 Å². The maximum Gasteiger partial charge on any atom is 0.228 e. The van der Waals surface area contributed by atoms with Crippen LogP contribution in [0.3, 0.4) is 0 Å². The molecule has 3 aromatic heterocycles. The molecule has 0 aliphatic heterocycles. The zero-order valence-corrected chi connectivity index (χ0v) is 27.8. The van der Waals surface area contributed by atoms with Gasteiger partial charge < -0.3 is 18.2 Å². The molecule has 8 aromatic carbocycles. The molecule has 5 nitrogen and oxygen atoms in total. The fourth-order valence-electron chi connectivity index (χ4n) is 7.65. The van der Waals surface area contributed by atoms with Crippen molar-refractivity contribution in [3.8, 4) is 22.6 Å². The molecule has 0 unspecified atom stereocenters. The Morgan fingerprint density at radius 1 is 0.423 bits per heavy atom. The highest BCUT2D eigenvalue weighted by Gasteiger charge is 2.23. The second kappa shape index (κ2) is 11.2. The molecule has 0 amide bonds. The average molecular weight is 669 g/mol. The zero-order chi connectivity index (χ0) is 34.2. The van der Waals surface area contributed by atoms with Crippen molar-refractivity contribution in [2.75, 3.05) is 4.90 Å². The predicted molar refractivity (Wildman–Crippen MR) is 212 cm³/mol. The van der Waals surface area contributed by atoms with Crippen molar-refractivity contribution in [1.29, 1.82) is 0 Å². The van der Waals surface area contributed by atoms with Crippen molar-refractivity contribution >= 4 is 82.8 Å². The summed E-state index contributed by atoms with van der Waals surface area (Å²) in [6, 6.07) is 58.7. The molecular formula is C47H28N2O3. The minimum absolute atomic E-state index is 0.567. The topological polar surface area (TPSA) is 55.6 Å². The van der Waals surface area contributed by atoms with Gasteiger partial charge in [-0.25, -0.2) is 4.98 Å². The summed E-state index contributed by atoms with van der Waals surface area (Å²) in [5.74, 6) is 0.567. The smallest absolute Gasteiger partial charge is 0.228 e. The van der Waals surface area contributed by atoms with Crippen LogP contribution in [0.15, 0.2) is 183 Å². The number of hydrogen-bond donors (Lipinski definition) is 0. The molecule has 244 valence electrons. The van der Waals surface area contributed by atoms with Crippen molar-refractivity contribution in [3.63, 3.8) is 0 Å². The Morgan fingerprint density at radius 3 is 2.10 bits per heavy atom. The van der Waals surface area contributed by atoms with Gasteiger partial charge in [-0.05, 0) is 94.7 Å². The summed E-state index contributed by atoms with van der Waals surface area (Å²) in [6.07, 6.45) is 0. The third-order valence-electron chi connectivity index (χ3n) is 10.1. The number of para-hydroxylation sites is 4. The number of aromatic nitrogens is 1. The molecule has 0 fully saturated rings. The van der Waals surface area contributed by atoms with E-state index in [9.17, 15) is 0 Å². The van der Waals surface area contributed by atoms with Gasteiger partial charge in [-0.3, -0.25) is 0 Å². The van der Waals surface area contributed by atoms with Crippen LogP contribution in [0.4, 0.5) is 17.1 Å². The highest BCUT2D eigenvalue weighted by atomic mass is 16.4. The molecule has 0 radical (unpaired) electrons. The molecule has 0 saturated carbocycles. The van der Waals surface area contributed by atoms with Gasteiger partial charge in [0.1, 0.15) is 22.3 Å². The summed E-state index contributed by atoms with van der Waals surface area (Å²) in [7, 11) is 0. The van der Waals surface area contributed by atoms with Crippen LogP contribution < -0.4 is 4.90 Å². The molecule has 0 spiro atoms. The molecular weight excluding hydrogens is 641 g/mol. The Balaban J connectivity index is 1.15. The minimum Gasteiger partial charge on any atom is -0.456 e. The van der Waals surface area contributed by atoms with Crippen LogP contribution in [0.5, 0.6) is 0 Å². The third kappa shape index (κ3) is 4.46. The van der Waals surface area contributed by atoms with E-state index >= 15 is 0 Å². The van der Waals surface area contributed by atoms with E-state index in [0.717, 1.165) is 88.7 Å². The Hall–Kier alpha value is -7.11. The van der Waals surface area contributed by atoms with Crippen molar-refractivity contribution in [2.24, 2.45) is 0 Å². The lowest BCUT2D eigenvalue weighted by Gasteiger charge is -2.26. The molecule has 52 heavy (non-hydrogen) atoms. The molecule has 0 N–H and O–H groups in total. The van der Waals surface area contributed by atoms with Gasteiger partial charge in [0.05, 0.1) is 5.69 Å². The van der Waals surface area contributed by atoms with Crippen LogP contribution in [0, 0.1) is 0 Å². The molecule has 0 aliphatic rings. The summed E-state index contributed by atoms with van der Waals surface area (Å²) >= 11 is 0. The Labute approximate surface area is 297 Å². The SMILES string of the molecule is c1cc(-c2ccc3ccccc3c2)cc(N(c2ccc3oc4ccccc4c3c2)c2cccc3c2oc2cccc(-c4nc5ccccc5o4)c23)c1. The summed E-state index contributed by atoms with van der Waals surface area (Å²) < 4.78 is 19.3. The summed E-state index contributed by atoms with van der Waals surface area (Å²) in [5, 5.41) is 6.51. The lowest BCUT2D eigenvalue weighted by Crippen LogP contribution is -2.10. The largest absolute Gasteiger partial charge is 0.456 e. The summed E-state index contributed by atoms with van der Waals surface area (Å²) in [6.45, 7) is 0. The number of anilines is 3. The quantitative estimate of drug-likeness (QED) is 0.183. The normalized spacial score (nSPS) is 11.8. The number of benzene rings is 8. The average Bonchev–Trinajstić information content (AvgIpc) is 3.92. The van der Waals surface area contributed by atoms with E-state index in [0.29, 0.717) is 5.89 Å². The monoisotopic (exact) mass is 668 g/mol. The minimum atomic E-state index is 0.567. The molecule has 0 atom stereocenters. The first kappa shape index (κ1) is 28.7. The number of nitrogens with zero attached hydrogens (tertiary/aromatic N) is 2. The van der Waals surface area contributed by atoms with E-state index in [1.165, 1.54) is 10.8 Å². The number of oxazole rings is 1. The lowest BCUT2D eigenvalue weighted by atomic mass is 10.00. The van der Waals surface area contributed by atoms with Crippen LogP contribution in [-0.4, -0.2) is 4.98 Å². The first-order valence-electron chi connectivity index (χ1n) is 17.4. The second-order valence-electron chi connectivity index (χ2n) is 13.1. The Bertz CT molecular complexity index is 3130. The van der Waals surface area contributed by atoms with Gasteiger partial charge in [0.15, 0.2) is 11.2 Å². The summed E-state index contributed by atoms with van der Waals surface area (Å²) in [5.41, 5.74) is 10.9. The molecule has 0 aliphatic carbocycles. The highest BCUT2D eigenvalue weighted by Crippen LogP contribution is 2.46. The highest BCUT2D eigenvalue weighted by molar-refractivity contribution is 6.16. The van der Waals surface area contributed by atoms with E-state index in [-0.39, 0.29) is 0 Å². The van der Waals surface area contributed by atoms with E-state index < -0.39 is 0 Å². The molecule has 11 rings (SSSR count). The van der Waals surface area contributed by atoms with Gasteiger partial charge in [-0.1, -0.05) is 97.1 Å². The molecule has 0 bridgehead atoms. The van der Waals surface area contributed by atoms with E-state index in [1.807, 2.05) is 48.5 Å². The Morgan fingerprint density at radius 2 is 1.15 bits per heavy atom. The fourth-order valence-corrected chi connectivity index (χ4v) is 7.65. The molecule has 3 heterocycles. The van der Waals surface area contributed by atoms with Crippen molar-refractivity contribution in [3.05, 3.63) is 170 Å². The maximum absolute atomic E-state index is 6.82. The number of rotatable bonds is 5. The van der Waals surface area contributed by atoms with E-state index in [2.05, 4.69) is 126 Å². The van der Waals surface area contributed by atoms with Gasteiger partial charge in [0.2, 0.25) is 5.89 Å². The molecule has 11 aromatic rings. The van der Waals surface area contributed by atoms with Gasteiger partial charge in [-0.2, -0.15) is 0 Å². The Kier molecular flexibility index (Phi) is 6.18. The number of fused-ring (bicyclic) bond motifs is 8. The zero-order valence-electron chi connectivity index (χ0n) is 27.8. The maximum atomic E-state index is 6.82. The first-order valence-corrected chi connectivity index (χ1v) is 17.4. The number of hydrogen-bond acceptors (Lipinski definition) is 5. The van der Waals surface area contributed by atoms with Crippen LogP contribution in [0.25, 0.3) is 88.3 Å². The molecule has 5 heteroatoms. The van der Waals surface area contributed by atoms with E-state index in [4.69, 9.17) is 18.2 Å². The van der Waals surface area contributed by atoms with Crippen LogP contribution in [0.1, 0.15) is 0 Å². The van der Waals surface area contributed by atoms with Gasteiger partial charge in [-0.15, -0.1) is 0 Å². The van der Waals surface area contributed by atoms with Gasteiger partial charge in [0.25, 0.3) is 0 Å². The van der Waals surface area contributed by atoms with E-state index in [1.54, 1.807) is 0 Å². The number of furan rings is 2. The lowest BCUT2D eigenvalue weighted by molar-refractivity contribution is 0.620. The van der Waals surface area contributed by atoms with Gasteiger partial charge in [0, 0.05) is 38.5 Å². The van der Waals surface area contributed by atoms with Crippen LogP contribution >= 0.6 is 0 Å². The van der Waals surface area contributed by atoms with Crippen molar-refractivity contribution < 1.29 is 13.3 Å². The summed E-state index contributed by atoms with van der Waals surface area (Å²) in [4.78, 5) is 7.14. The second-order valence-corrected chi connectivity index (χ2v) is 13.1. The van der Waals surface area contributed by atoms with Crippen molar-refractivity contribution in [1.82, 2.24) is 4.98 Å². The fraction of sp³-hybridized carbons (Fsp3) is 0. The van der Waals surface area contributed by atoms with Crippen LogP contribution in [0.2, 0.25) is 0 Å².